The molecule has 1 heterocycles. The van der Waals surface area contributed by atoms with E-state index in [1.165, 1.54) is 5.56 Å². The number of hydrogen-bond donors (Lipinski definition) is 0. The van der Waals surface area contributed by atoms with Gasteiger partial charge in [0.05, 0.1) is 32.0 Å². The van der Waals surface area contributed by atoms with Crippen LogP contribution in [0.15, 0.2) is 30.3 Å². The number of nitrogens with zero attached hydrogens (tertiary/aromatic N) is 1. The Labute approximate surface area is 102 Å². The van der Waals surface area contributed by atoms with Crippen molar-refractivity contribution in [2.24, 2.45) is 5.92 Å². The van der Waals surface area contributed by atoms with Gasteiger partial charge in [0.25, 0.3) is 0 Å². The van der Waals surface area contributed by atoms with E-state index in [9.17, 15) is 0 Å². The van der Waals surface area contributed by atoms with E-state index in [0.717, 1.165) is 6.42 Å². The Hall–Kier alpha value is -1.37. The fourth-order valence-corrected chi connectivity index (χ4v) is 2.05. The predicted molar refractivity (Wildman–Crippen MR) is 64.2 cm³/mol. The third-order valence-electron chi connectivity index (χ3n) is 2.96. The van der Waals surface area contributed by atoms with E-state index in [0.29, 0.717) is 32.2 Å². The van der Waals surface area contributed by atoms with Gasteiger partial charge in [0.1, 0.15) is 0 Å². The Kier molecular flexibility index (Phi) is 4.54. The largest absolute Gasteiger partial charge is 0.375 e. The molecule has 2 rings (SSSR count). The van der Waals surface area contributed by atoms with E-state index >= 15 is 0 Å². The molecule has 0 N–H and O–H groups in total. The highest BCUT2D eigenvalue weighted by Crippen LogP contribution is 2.22. The van der Waals surface area contributed by atoms with Crippen molar-refractivity contribution in [3.8, 4) is 6.07 Å². The van der Waals surface area contributed by atoms with Crippen LogP contribution in [0.5, 0.6) is 0 Å². The van der Waals surface area contributed by atoms with Crippen LogP contribution in [-0.4, -0.2) is 19.3 Å². The van der Waals surface area contributed by atoms with E-state index in [4.69, 9.17) is 14.7 Å². The first-order valence-electron chi connectivity index (χ1n) is 5.98. The minimum absolute atomic E-state index is 0.164. The highest BCUT2D eigenvalue weighted by molar-refractivity contribution is 5.13. The highest BCUT2D eigenvalue weighted by Gasteiger charge is 2.25. The lowest BCUT2D eigenvalue weighted by atomic mass is 10.0. The van der Waals surface area contributed by atoms with Crippen molar-refractivity contribution in [1.29, 1.82) is 5.26 Å². The quantitative estimate of drug-likeness (QED) is 0.782. The van der Waals surface area contributed by atoms with Gasteiger partial charge in [0.2, 0.25) is 0 Å². The fraction of sp³-hybridized carbons (Fsp3) is 0.500. The summed E-state index contributed by atoms with van der Waals surface area (Å²) >= 11 is 0. The Morgan fingerprint density at radius 2 is 2.18 bits per heavy atom. The van der Waals surface area contributed by atoms with Crippen LogP contribution in [0.1, 0.15) is 18.4 Å². The normalized spacial score (nSPS) is 23.5. The van der Waals surface area contributed by atoms with Crippen molar-refractivity contribution in [2.45, 2.75) is 25.6 Å². The first-order valence-corrected chi connectivity index (χ1v) is 5.98. The first-order chi connectivity index (χ1) is 8.38. The number of rotatable bonds is 5. The topological polar surface area (TPSA) is 42.2 Å². The van der Waals surface area contributed by atoms with Gasteiger partial charge in [0.15, 0.2) is 0 Å². The summed E-state index contributed by atoms with van der Waals surface area (Å²) in [5, 5.41) is 8.60. The van der Waals surface area contributed by atoms with E-state index < -0.39 is 0 Å². The average Bonchev–Trinajstić information content (AvgIpc) is 2.79. The molecule has 0 radical (unpaired) electrons. The van der Waals surface area contributed by atoms with E-state index in [1.807, 2.05) is 30.3 Å². The fourth-order valence-electron chi connectivity index (χ4n) is 2.05. The molecule has 0 aromatic heterocycles. The van der Waals surface area contributed by atoms with Gasteiger partial charge in [-0.3, -0.25) is 0 Å². The summed E-state index contributed by atoms with van der Waals surface area (Å²) in [6.45, 7) is 1.95. The van der Waals surface area contributed by atoms with Crippen LogP contribution in [0.25, 0.3) is 0 Å². The van der Waals surface area contributed by atoms with Crippen LogP contribution in [-0.2, 0) is 16.1 Å². The lowest BCUT2D eigenvalue weighted by Crippen LogP contribution is -2.14. The zero-order valence-corrected chi connectivity index (χ0v) is 9.84. The molecule has 2 unspecified atom stereocenters. The second-order valence-corrected chi connectivity index (χ2v) is 4.42. The van der Waals surface area contributed by atoms with Gasteiger partial charge in [-0.1, -0.05) is 30.3 Å². The van der Waals surface area contributed by atoms with Gasteiger partial charge in [-0.15, -0.1) is 0 Å². The van der Waals surface area contributed by atoms with Crippen molar-refractivity contribution in [1.82, 2.24) is 0 Å². The molecule has 90 valence electrons. The second kappa shape index (κ2) is 6.39. The standard InChI is InChI=1S/C14H17NO2/c15-7-6-13-8-14(17-10-13)11-16-9-12-4-2-1-3-5-12/h1-5,13-14H,6,8-11H2. The average molecular weight is 231 g/mol. The first kappa shape index (κ1) is 12.1. The summed E-state index contributed by atoms with van der Waals surface area (Å²) in [4.78, 5) is 0. The molecule has 0 spiro atoms. The van der Waals surface area contributed by atoms with Crippen molar-refractivity contribution < 1.29 is 9.47 Å². The van der Waals surface area contributed by atoms with E-state index in [2.05, 4.69) is 6.07 Å². The molecule has 3 heteroatoms. The molecule has 1 aromatic carbocycles. The maximum Gasteiger partial charge on any atom is 0.0812 e. The Morgan fingerprint density at radius 1 is 1.35 bits per heavy atom. The molecule has 1 fully saturated rings. The summed E-state index contributed by atoms with van der Waals surface area (Å²) in [5.74, 6) is 0.394. The molecule has 0 amide bonds. The van der Waals surface area contributed by atoms with Crippen LogP contribution in [0.4, 0.5) is 0 Å². The molecule has 1 aliphatic heterocycles. The lowest BCUT2D eigenvalue weighted by Gasteiger charge is -2.10. The molecular formula is C14H17NO2. The Balaban J connectivity index is 1.65. The zero-order chi connectivity index (χ0) is 11.9. The molecule has 1 aliphatic rings. The van der Waals surface area contributed by atoms with Crippen LogP contribution in [0.3, 0.4) is 0 Å². The summed E-state index contributed by atoms with van der Waals surface area (Å²) < 4.78 is 11.2. The van der Waals surface area contributed by atoms with Crippen molar-refractivity contribution in [3.05, 3.63) is 35.9 Å². The summed E-state index contributed by atoms with van der Waals surface area (Å²) in [6, 6.07) is 12.3. The third kappa shape index (κ3) is 3.85. The van der Waals surface area contributed by atoms with E-state index in [1.54, 1.807) is 0 Å². The number of benzene rings is 1. The summed E-state index contributed by atoms with van der Waals surface area (Å²) in [5.41, 5.74) is 1.18. The van der Waals surface area contributed by atoms with Gasteiger partial charge < -0.3 is 9.47 Å². The lowest BCUT2D eigenvalue weighted by molar-refractivity contribution is 0.01000. The predicted octanol–water partition coefficient (Wildman–Crippen LogP) is 2.52. The molecule has 17 heavy (non-hydrogen) atoms. The maximum atomic E-state index is 8.60. The van der Waals surface area contributed by atoms with Crippen molar-refractivity contribution in [2.75, 3.05) is 13.2 Å². The minimum atomic E-state index is 0.164. The van der Waals surface area contributed by atoms with Crippen LogP contribution < -0.4 is 0 Å². The Morgan fingerprint density at radius 3 is 2.94 bits per heavy atom. The smallest absolute Gasteiger partial charge is 0.0812 e. The summed E-state index contributed by atoms with van der Waals surface area (Å²) in [7, 11) is 0. The number of hydrogen-bond acceptors (Lipinski definition) is 3. The van der Waals surface area contributed by atoms with Crippen molar-refractivity contribution >= 4 is 0 Å². The van der Waals surface area contributed by atoms with E-state index in [-0.39, 0.29) is 6.10 Å². The van der Waals surface area contributed by atoms with Crippen LogP contribution in [0, 0.1) is 17.2 Å². The van der Waals surface area contributed by atoms with Gasteiger partial charge in [0, 0.05) is 6.42 Å². The highest BCUT2D eigenvalue weighted by atomic mass is 16.5. The second-order valence-electron chi connectivity index (χ2n) is 4.42. The van der Waals surface area contributed by atoms with Gasteiger partial charge in [-0.05, 0) is 17.9 Å². The SMILES string of the molecule is N#CCC1COC(COCc2ccccc2)C1. The monoisotopic (exact) mass is 231 g/mol. The minimum Gasteiger partial charge on any atom is -0.375 e. The van der Waals surface area contributed by atoms with Crippen molar-refractivity contribution in [3.63, 3.8) is 0 Å². The molecule has 0 aliphatic carbocycles. The number of ether oxygens (including phenoxy) is 2. The molecule has 1 aromatic rings. The molecule has 3 nitrogen and oxygen atoms in total. The summed E-state index contributed by atoms with van der Waals surface area (Å²) in [6.07, 6.45) is 1.70. The maximum absolute atomic E-state index is 8.60. The third-order valence-corrected chi connectivity index (χ3v) is 2.96. The molecule has 1 saturated heterocycles. The van der Waals surface area contributed by atoms with Crippen LogP contribution in [0.2, 0.25) is 0 Å². The van der Waals surface area contributed by atoms with Crippen LogP contribution >= 0.6 is 0 Å². The molecule has 0 bridgehead atoms. The molecular weight excluding hydrogens is 214 g/mol. The van der Waals surface area contributed by atoms with Gasteiger partial charge in [-0.2, -0.15) is 5.26 Å². The molecule has 0 saturated carbocycles. The van der Waals surface area contributed by atoms with Gasteiger partial charge in [-0.25, -0.2) is 0 Å². The van der Waals surface area contributed by atoms with Gasteiger partial charge >= 0.3 is 0 Å². The zero-order valence-electron chi connectivity index (χ0n) is 9.84. The number of nitriles is 1. The molecule has 2 atom stereocenters. The Bertz CT molecular complexity index is 372.